The third-order valence-electron chi connectivity index (χ3n) is 2.96. The SMILES string of the molecule is Cc1ccc(C)c(-n2ncc3c(=O)[nH]cnc32)c1. The largest absolute Gasteiger partial charge is 0.312 e. The van der Waals surface area contributed by atoms with Crippen molar-refractivity contribution in [1.29, 1.82) is 0 Å². The number of nitrogens with one attached hydrogen (secondary N) is 1. The monoisotopic (exact) mass is 240 g/mol. The van der Waals surface area contributed by atoms with Gasteiger partial charge in [0.1, 0.15) is 5.39 Å². The lowest BCUT2D eigenvalue weighted by atomic mass is 10.1. The Morgan fingerprint density at radius 2 is 2.11 bits per heavy atom. The van der Waals surface area contributed by atoms with Crippen molar-refractivity contribution in [2.24, 2.45) is 0 Å². The number of nitrogens with zero attached hydrogens (tertiary/aromatic N) is 3. The van der Waals surface area contributed by atoms with E-state index < -0.39 is 0 Å². The number of aromatic nitrogens is 4. The lowest BCUT2D eigenvalue weighted by Crippen LogP contribution is -2.07. The van der Waals surface area contributed by atoms with Crippen molar-refractivity contribution in [2.75, 3.05) is 0 Å². The molecule has 0 aliphatic heterocycles. The molecule has 0 bridgehead atoms. The van der Waals surface area contributed by atoms with Gasteiger partial charge in [0.15, 0.2) is 5.65 Å². The maximum absolute atomic E-state index is 11.6. The van der Waals surface area contributed by atoms with Crippen LogP contribution in [-0.2, 0) is 0 Å². The van der Waals surface area contributed by atoms with Crippen molar-refractivity contribution >= 4 is 11.0 Å². The topological polar surface area (TPSA) is 63.6 Å². The average molecular weight is 240 g/mol. The standard InChI is InChI=1S/C13H12N4O/c1-8-3-4-9(2)11(5-8)17-12-10(6-16-17)13(18)15-7-14-12/h3-7H,1-2H3,(H,14,15,18). The van der Waals surface area contributed by atoms with Crippen LogP contribution in [0.5, 0.6) is 0 Å². The van der Waals surface area contributed by atoms with Crippen LogP contribution in [0.1, 0.15) is 11.1 Å². The Labute approximate surface area is 103 Å². The summed E-state index contributed by atoms with van der Waals surface area (Å²) in [6, 6.07) is 6.11. The van der Waals surface area contributed by atoms with Crippen molar-refractivity contribution in [2.45, 2.75) is 13.8 Å². The molecule has 5 heteroatoms. The average Bonchev–Trinajstić information content (AvgIpc) is 2.77. The first-order chi connectivity index (χ1) is 8.66. The molecule has 3 rings (SSSR count). The van der Waals surface area contributed by atoms with Crippen molar-refractivity contribution < 1.29 is 0 Å². The van der Waals surface area contributed by atoms with E-state index in [1.807, 2.05) is 32.0 Å². The molecule has 2 aromatic heterocycles. The minimum absolute atomic E-state index is 0.170. The van der Waals surface area contributed by atoms with Crippen LogP contribution in [0.25, 0.3) is 16.7 Å². The second-order valence-corrected chi connectivity index (χ2v) is 4.32. The second-order valence-electron chi connectivity index (χ2n) is 4.32. The molecule has 0 unspecified atom stereocenters. The van der Waals surface area contributed by atoms with Gasteiger partial charge >= 0.3 is 0 Å². The van der Waals surface area contributed by atoms with Crippen LogP contribution in [0, 0.1) is 13.8 Å². The molecular formula is C13H12N4O. The third-order valence-corrected chi connectivity index (χ3v) is 2.96. The zero-order chi connectivity index (χ0) is 12.7. The Balaban J connectivity index is 2.36. The van der Waals surface area contributed by atoms with Gasteiger partial charge in [-0.2, -0.15) is 5.10 Å². The van der Waals surface area contributed by atoms with Gasteiger partial charge in [-0.15, -0.1) is 0 Å². The number of benzene rings is 1. The van der Waals surface area contributed by atoms with Crippen molar-refractivity contribution in [3.05, 3.63) is 52.2 Å². The Morgan fingerprint density at radius 3 is 2.94 bits per heavy atom. The van der Waals surface area contributed by atoms with E-state index in [-0.39, 0.29) is 5.56 Å². The molecule has 2 heterocycles. The number of aryl methyl sites for hydroxylation is 2. The number of fused-ring (bicyclic) bond motifs is 1. The summed E-state index contributed by atoms with van der Waals surface area (Å²) in [7, 11) is 0. The van der Waals surface area contributed by atoms with Gasteiger partial charge in [0.2, 0.25) is 0 Å². The molecule has 0 fully saturated rings. The van der Waals surface area contributed by atoms with Crippen LogP contribution in [0.2, 0.25) is 0 Å². The third kappa shape index (κ3) is 1.52. The second kappa shape index (κ2) is 3.80. The molecule has 0 amide bonds. The zero-order valence-electron chi connectivity index (χ0n) is 10.1. The quantitative estimate of drug-likeness (QED) is 0.704. The molecule has 0 aliphatic carbocycles. The molecule has 0 radical (unpaired) electrons. The smallest absolute Gasteiger partial charge is 0.261 e. The molecule has 0 spiro atoms. The lowest BCUT2D eigenvalue weighted by Gasteiger charge is -2.07. The van der Waals surface area contributed by atoms with Gasteiger partial charge in [0.05, 0.1) is 18.2 Å². The molecule has 0 saturated carbocycles. The van der Waals surface area contributed by atoms with Gasteiger partial charge in [-0.3, -0.25) is 4.79 Å². The van der Waals surface area contributed by atoms with Crippen molar-refractivity contribution in [1.82, 2.24) is 19.7 Å². The minimum atomic E-state index is -0.170. The number of hydrogen-bond donors (Lipinski definition) is 1. The molecule has 3 aromatic rings. The van der Waals surface area contributed by atoms with E-state index in [2.05, 4.69) is 15.1 Å². The van der Waals surface area contributed by atoms with Gasteiger partial charge in [0, 0.05) is 0 Å². The normalized spacial score (nSPS) is 11.0. The summed E-state index contributed by atoms with van der Waals surface area (Å²) in [5, 5.41) is 4.76. The number of hydrogen-bond acceptors (Lipinski definition) is 3. The highest BCUT2D eigenvalue weighted by Gasteiger charge is 2.10. The number of aromatic amines is 1. The summed E-state index contributed by atoms with van der Waals surface area (Å²) in [4.78, 5) is 18.4. The van der Waals surface area contributed by atoms with E-state index in [0.29, 0.717) is 11.0 Å². The summed E-state index contributed by atoms with van der Waals surface area (Å²) in [6.07, 6.45) is 2.94. The minimum Gasteiger partial charge on any atom is -0.312 e. The van der Waals surface area contributed by atoms with E-state index in [4.69, 9.17) is 0 Å². The van der Waals surface area contributed by atoms with Gasteiger partial charge in [-0.25, -0.2) is 9.67 Å². The summed E-state index contributed by atoms with van der Waals surface area (Å²) in [5.41, 5.74) is 3.59. The van der Waals surface area contributed by atoms with E-state index in [1.165, 1.54) is 6.33 Å². The molecule has 1 N–H and O–H groups in total. The van der Waals surface area contributed by atoms with Gasteiger partial charge in [-0.1, -0.05) is 12.1 Å². The zero-order valence-corrected chi connectivity index (χ0v) is 10.1. The summed E-state index contributed by atoms with van der Waals surface area (Å²) in [6.45, 7) is 4.03. The Hall–Kier alpha value is -2.43. The molecular weight excluding hydrogens is 228 g/mol. The van der Waals surface area contributed by atoms with E-state index in [0.717, 1.165) is 16.8 Å². The predicted molar refractivity (Wildman–Crippen MR) is 69.0 cm³/mol. The fourth-order valence-electron chi connectivity index (χ4n) is 1.98. The highest BCUT2D eigenvalue weighted by Crippen LogP contribution is 2.18. The molecule has 90 valence electrons. The molecule has 1 aromatic carbocycles. The lowest BCUT2D eigenvalue weighted by molar-refractivity contribution is 0.885. The summed E-state index contributed by atoms with van der Waals surface area (Å²) in [5.74, 6) is 0. The van der Waals surface area contributed by atoms with Crippen LogP contribution in [0.15, 0.2) is 35.5 Å². The maximum atomic E-state index is 11.6. The fraction of sp³-hybridized carbons (Fsp3) is 0.154. The van der Waals surface area contributed by atoms with Crippen LogP contribution < -0.4 is 5.56 Å². The first-order valence-corrected chi connectivity index (χ1v) is 5.66. The summed E-state index contributed by atoms with van der Waals surface area (Å²) >= 11 is 0. The number of H-pyrrole nitrogens is 1. The molecule has 5 nitrogen and oxygen atoms in total. The molecule has 0 atom stereocenters. The van der Waals surface area contributed by atoms with Crippen LogP contribution in [0.3, 0.4) is 0 Å². The van der Waals surface area contributed by atoms with Crippen LogP contribution in [0.4, 0.5) is 0 Å². The maximum Gasteiger partial charge on any atom is 0.261 e. The Kier molecular flexibility index (Phi) is 2.26. The Morgan fingerprint density at radius 1 is 1.28 bits per heavy atom. The first-order valence-electron chi connectivity index (χ1n) is 5.66. The highest BCUT2D eigenvalue weighted by molar-refractivity contribution is 5.75. The summed E-state index contributed by atoms with van der Waals surface area (Å²) < 4.78 is 1.70. The van der Waals surface area contributed by atoms with Crippen LogP contribution in [-0.4, -0.2) is 19.7 Å². The van der Waals surface area contributed by atoms with Crippen LogP contribution >= 0.6 is 0 Å². The van der Waals surface area contributed by atoms with Crippen molar-refractivity contribution in [3.63, 3.8) is 0 Å². The van der Waals surface area contributed by atoms with E-state index >= 15 is 0 Å². The fourth-order valence-corrected chi connectivity index (χ4v) is 1.98. The predicted octanol–water partition coefficient (Wildman–Crippen LogP) is 1.73. The van der Waals surface area contributed by atoms with Crippen molar-refractivity contribution in [3.8, 4) is 5.69 Å². The molecule has 0 aliphatic rings. The molecule has 0 saturated heterocycles. The number of rotatable bonds is 1. The first kappa shape index (κ1) is 10.7. The van der Waals surface area contributed by atoms with E-state index in [9.17, 15) is 4.79 Å². The highest BCUT2D eigenvalue weighted by atomic mass is 16.1. The Bertz CT molecular complexity index is 785. The van der Waals surface area contributed by atoms with E-state index in [1.54, 1.807) is 10.9 Å². The van der Waals surface area contributed by atoms with Gasteiger partial charge in [0.25, 0.3) is 5.56 Å². The van der Waals surface area contributed by atoms with Gasteiger partial charge < -0.3 is 4.98 Å². The molecule has 18 heavy (non-hydrogen) atoms. The van der Waals surface area contributed by atoms with Gasteiger partial charge in [-0.05, 0) is 31.0 Å².